The van der Waals surface area contributed by atoms with Crippen LogP contribution in [0.15, 0.2) is 42.7 Å². The molecule has 1 N–H and O–H groups in total. The quantitative estimate of drug-likeness (QED) is 0.893. The minimum Gasteiger partial charge on any atom is -0.350 e. The standard InChI is InChI=1S/C16H17FN2/c17-15-7-13(16-8-14(16)9-18-11-16)4-3-12(15)10-19-5-1-2-6-19/h1-7,14,18H,8-11H2/t14-,16?/m0/s1. The monoisotopic (exact) mass is 256 g/mol. The van der Waals surface area contributed by atoms with Crippen molar-refractivity contribution in [1.29, 1.82) is 0 Å². The average molecular weight is 256 g/mol. The number of hydrogen-bond donors (Lipinski definition) is 1. The minimum absolute atomic E-state index is 0.0712. The molecule has 2 fully saturated rings. The summed E-state index contributed by atoms with van der Waals surface area (Å²) < 4.78 is 16.2. The van der Waals surface area contributed by atoms with Gasteiger partial charge in [0, 0.05) is 36.5 Å². The summed E-state index contributed by atoms with van der Waals surface area (Å²) in [7, 11) is 0. The topological polar surface area (TPSA) is 17.0 Å². The van der Waals surface area contributed by atoms with E-state index in [9.17, 15) is 4.39 Å². The summed E-state index contributed by atoms with van der Waals surface area (Å²) in [6, 6.07) is 9.75. The molecule has 1 saturated heterocycles. The molecule has 1 saturated carbocycles. The zero-order chi connectivity index (χ0) is 12.9. The Morgan fingerprint density at radius 1 is 1.32 bits per heavy atom. The number of rotatable bonds is 3. The highest BCUT2D eigenvalue weighted by Crippen LogP contribution is 2.56. The number of piperidine rings is 1. The van der Waals surface area contributed by atoms with Gasteiger partial charge in [0.2, 0.25) is 0 Å². The van der Waals surface area contributed by atoms with Crippen molar-refractivity contribution in [3.63, 3.8) is 0 Å². The van der Waals surface area contributed by atoms with Crippen molar-refractivity contribution in [3.8, 4) is 0 Å². The Balaban J connectivity index is 1.62. The second-order valence-electron chi connectivity index (χ2n) is 5.85. The van der Waals surface area contributed by atoms with Crippen molar-refractivity contribution in [2.45, 2.75) is 18.4 Å². The zero-order valence-corrected chi connectivity index (χ0v) is 10.8. The second-order valence-corrected chi connectivity index (χ2v) is 5.85. The van der Waals surface area contributed by atoms with Crippen LogP contribution in [-0.4, -0.2) is 17.7 Å². The number of fused-ring (bicyclic) bond motifs is 1. The molecule has 1 aliphatic carbocycles. The largest absolute Gasteiger partial charge is 0.350 e. The highest BCUT2D eigenvalue weighted by Gasteiger charge is 2.58. The summed E-state index contributed by atoms with van der Waals surface area (Å²) in [4.78, 5) is 0. The molecule has 1 aromatic heterocycles. The fourth-order valence-corrected chi connectivity index (χ4v) is 3.45. The Morgan fingerprint density at radius 3 is 2.79 bits per heavy atom. The Morgan fingerprint density at radius 2 is 2.16 bits per heavy atom. The molecule has 2 heterocycles. The van der Waals surface area contributed by atoms with Gasteiger partial charge in [-0.05, 0) is 42.6 Å². The van der Waals surface area contributed by atoms with Crippen molar-refractivity contribution in [1.82, 2.24) is 9.88 Å². The van der Waals surface area contributed by atoms with E-state index in [4.69, 9.17) is 0 Å². The molecule has 2 nitrogen and oxygen atoms in total. The summed E-state index contributed by atoms with van der Waals surface area (Å²) >= 11 is 0. The Hall–Kier alpha value is -1.61. The molecular formula is C16H17FN2. The summed E-state index contributed by atoms with van der Waals surface area (Å²) in [5, 5.41) is 3.40. The molecule has 19 heavy (non-hydrogen) atoms. The van der Waals surface area contributed by atoms with E-state index in [0.29, 0.717) is 6.54 Å². The molecule has 0 spiro atoms. The molecule has 1 unspecified atom stereocenters. The number of halogens is 1. The molecule has 4 rings (SSSR count). The van der Waals surface area contributed by atoms with E-state index >= 15 is 0 Å². The van der Waals surface area contributed by atoms with Crippen LogP contribution < -0.4 is 5.32 Å². The van der Waals surface area contributed by atoms with Gasteiger partial charge in [-0.3, -0.25) is 0 Å². The first-order valence-electron chi connectivity index (χ1n) is 6.88. The first-order valence-corrected chi connectivity index (χ1v) is 6.88. The smallest absolute Gasteiger partial charge is 0.128 e. The lowest BCUT2D eigenvalue weighted by atomic mass is 9.94. The van der Waals surface area contributed by atoms with Gasteiger partial charge in [-0.15, -0.1) is 0 Å². The van der Waals surface area contributed by atoms with Crippen molar-refractivity contribution in [2.75, 3.05) is 13.1 Å². The molecule has 1 aromatic carbocycles. The molecule has 0 bridgehead atoms. The van der Waals surface area contributed by atoms with Crippen molar-refractivity contribution in [3.05, 3.63) is 59.7 Å². The fraction of sp³-hybridized carbons (Fsp3) is 0.375. The predicted octanol–water partition coefficient (Wildman–Crippen LogP) is 2.54. The third kappa shape index (κ3) is 1.72. The van der Waals surface area contributed by atoms with E-state index in [1.54, 1.807) is 6.07 Å². The van der Waals surface area contributed by atoms with Crippen LogP contribution in [0.5, 0.6) is 0 Å². The normalized spacial score (nSPS) is 28.4. The van der Waals surface area contributed by atoms with Crippen molar-refractivity contribution in [2.24, 2.45) is 5.92 Å². The van der Waals surface area contributed by atoms with Crippen LogP contribution in [0.1, 0.15) is 17.5 Å². The lowest BCUT2D eigenvalue weighted by molar-refractivity contribution is 0.590. The Bertz CT molecular complexity index is 605. The molecule has 0 amide bonds. The second kappa shape index (κ2) is 3.94. The van der Waals surface area contributed by atoms with E-state index < -0.39 is 0 Å². The number of aromatic nitrogens is 1. The van der Waals surface area contributed by atoms with E-state index in [1.807, 2.05) is 35.2 Å². The van der Waals surface area contributed by atoms with E-state index in [2.05, 4.69) is 11.4 Å². The molecular weight excluding hydrogens is 239 g/mol. The van der Waals surface area contributed by atoms with E-state index in [-0.39, 0.29) is 11.2 Å². The maximum Gasteiger partial charge on any atom is 0.128 e. The summed E-state index contributed by atoms with van der Waals surface area (Å²) in [5.74, 6) is 0.653. The van der Waals surface area contributed by atoms with E-state index in [0.717, 1.165) is 24.6 Å². The SMILES string of the molecule is Fc1cc(C23CNC[C@@H]2C3)ccc1Cn1cccc1. The highest BCUT2D eigenvalue weighted by molar-refractivity contribution is 5.39. The van der Waals surface area contributed by atoms with Crippen molar-refractivity contribution >= 4 is 0 Å². The molecule has 0 radical (unpaired) electrons. The van der Waals surface area contributed by atoms with E-state index in [1.165, 1.54) is 12.0 Å². The zero-order valence-electron chi connectivity index (χ0n) is 10.8. The van der Waals surface area contributed by atoms with Gasteiger partial charge in [0.05, 0.1) is 0 Å². The van der Waals surface area contributed by atoms with Crippen LogP contribution in [0.2, 0.25) is 0 Å². The van der Waals surface area contributed by atoms with Gasteiger partial charge in [-0.1, -0.05) is 12.1 Å². The molecule has 2 atom stereocenters. The number of nitrogens with zero attached hydrogens (tertiary/aromatic N) is 1. The van der Waals surface area contributed by atoms with Gasteiger partial charge < -0.3 is 9.88 Å². The van der Waals surface area contributed by atoms with Gasteiger partial charge in [0.25, 0.3) is 0 Å². The van der Waals surface area contributed by atoms with Gasteiger partial charge >= 0.3 is 0 Å². The van der Waals surface area contributed by atoms with Crippen LogP contribution in [0, 0.1) is 11.7 Å². The first kappa shape index (κ1) is 11.2. The van der Waals surface area contributed by atoms with Gasteiger partial charge in [-0.25, -0.2) is 4.39 Å². The molecule has 3 heteroatoms. The first-order chi connectivity index (χ1) is 9.28. The van der Waals surface area contributed by atoms with Crippen LogP contribution in [-0.2, 0) is 12.0 Å². The fourth-order valence-electron chi connectivity index (χ4n) is 3.45. The summed E-state index contributed by atoms with van der Waals surface area (Å²) in [5.41, 5.74) is 2.18. The lowest BCUT2D eigenvalue weighted by Crippen LogP contribution is -2.19. The summed E-state index contributed by atoms with van der Waals surface area (Å²) in [6.07, 6.45) is 5.14. The van der Waals surface area contributed by atoms with Crippen LogP contribution in [0.4, 0.5) is 4.39 Å². The Kier molecular flexibility index (Phi) is 2.33. The van der Waals surface area contributed by atoms with Gasteiger partial charge in [-0.2, -0.15) is 0 Å². The number of benzene rings is 1. The Labute approximate surface area is 112 Å². The third-order valence-corrected chi connectivity index (χ3v) is 4.71. The minimum atomic E-state index is -0.0712. The predicted molar refractivity (Wildman–Crippen MR) is 72.6 cm³/mol. The maximum absolute atomic E-state index is 14.3. The maximum atomic E-state index is 14.3. The number of nitrogens with one attached hydrogen (secondary N) is 1. The lowest BCUT2D eigenvalue weighted by Gasteiger charge is -2.14. The summed E-state index contributed by atoms with van der Waals surface area (Å²) in [6.45, 7) is 2.70. The van der Waals surface area contributed by atoms with Gasteiger partial charge in [0.1, 0.15) is 5.82 Å². The average Bonchev–Trinajstić information content (AvgIpc) is 2.82. The van der Waals surface area contributed by atoms with Gasteiger partial charge in [0.15, 0.2) is 0 Å². The molecule has 2 aliphatic rings. The molecule has 2 aromatic rings. The van der Waals surface area contributed by atoms with Crippen molar-refractivity contribution < 1.29 is 4.39 Å². The highest BCUT2D eigenvalue weighted by atomic mass is 19.1. The van der Waals surface area contributed by atoms with Crippen LogP contribution in [0.3, 0.4) is 0 Å². The van der Waals surface area contributed by atoms with Crippen LogP contribution >= 0.6 is 0 Å². The third-order valence-electron chi connectivity index (χ3n) is 4.71. The van der Waals surface area contributed by atoms with Crippen LogP contribution in [0.25, 0.3) is 0 Å². The number of hydrogen-bond acceptors (Lipinski definition) is 1. The molecule has 98 valence electrons. The molecule has 1 aliphatic heterocycles.